The number of aromatic amines is 1. The van der Waals surface area contributed by atoms with Gasteiger partial charge in [0, 0.05) is 0 Å². The van der Waals surface area contributed by atoms with Crippen molar-refractivity contribution in [2.75, 3.05) is 29.2 Å². The molecule has 0 fully saturated rings. The molecule has 2 heterocycles. The van der Waals surface area contributed by atoms with Crippen molar-refractivity contribution in [2.45, 2.75) is 0 Å². The van der Waals surface area contributed by atoms with Gasteiger partial charge in [0.15, 0.2) is 5.82 Å². The highest BCUT2D eigenvalue weighted by Crippen LogP contribution is 2.24. The first-order valence-corrected chi connectivity index (χ1v) is 4.04. The average Bonchev–Trinajstić information content (AvgIpc) is 2.49. The summed E-state index contributed by atoms with van der Waals surface area (Å²) in [5, 5.41) is 2.84. The summed E-state index contributed by atoms with van der Waals surface area (Å²) in [4.78, 5) is 29.6. The summed E-state index contributed by atoms with van der Waals surface area (Å²) in [6, 6.07) is 0. The molecule has 7 heteroatoms. The number of nitrogens with one attached hydrogen (secondary N) is 2. The zero-order valence-corrected chi connectivity index (χ0v) is 7.28. The number of nitrogens with two attached hydrogens (primary N) is 1. The van der Waals surface area contributed by atoms with Crippen LogP contribution in [0.2, 0.25) is 0 Å². The van der Waals surface area contributed by atoms with Gasteiger partial charge in [0.1, 0.15) is 12.0 Å². The Labute approximate surface area is 78.9 Å². The van der Waals surface area contributed by atoms with Crippen molar-refractivity contribution in [2.24, 2.45) is 0 Å². The van der Waals surface area contributed by atoms with E-state index in [-0.39, 0.29) is 18.1 Å². The second kappa shape index (κ2) is 3.02. The molecule has 4 N–H and O–H groups in total. The summed E-state index contributed by atoms with van der Waals surface area (Å²) in [7, 11) is 0. The predicted molar refractivity (Wildman–Crippen MR) is 51.2 cm³/mol. The first-order chi connectivity index (χ1) is 6.72. The monoisotopic (exact) mass is 195 g/mol. The standard InChI is InChI=1S/C7H9N5O2/c8-7-10-5-4(6(14)11-7)9-3-12(5)1-2-13/h2,9H,1,3H2,(H3,8,10,11,14). The maximum Gasteiger partial charge on any atom is 0.277 e. The number of H-pyrrole nitrogens is 1. The molecule has 0 spiro atoms. The fourth-order valence-electron chi connectivity index (χ4n) is 1.36. The number of aromatic nitrogens is 2. The van der Waals surface area contributed by atoms with Gasteiger partial charge in [-0.2, -0.15) is 4.98 Å². The molecule has 2 rings (SSSR count). The third kappa shape index (κ3) is 1.18. The Balaban J connectivity index is 2.48. The van der Waals surface area contributed by atoms with E-state index < -0.39 is 0 Å². The van der Waals surface area contributed by atoms with Crippen LogP contribution >= 0.6 is 0 Å². The van der Waals surface area contributed by atoms with Crippen LogP contribution in [0.3, 0.4) is 0 Å². The largest absolute Gasteiger partial charge is 0.369 e. The summed E-state index contributed by atoms with van der Waals surface area (Å²) in [6.45, 7) is 0.587. The number of aldehydes is 1. The Hall–Kier alpha value is -2.05. The smallest absolute Gasteiger partial charge is 0.277 e. The molecular formula is C7H9N5O2. The predicted octanol–water partition coefficient (Wildman–Crippen LogP) is -1.26. The highest BCUT2D eigenvalue weighted by atomic mass is 16.1. The second-order valence-electron chi connectivity index (χ2n) is 2.87. The van der Waals surface area contributed by atoms with E-state index >= 15 is 0 Å². The van der Waals surface area contributed by atoms with Crippen LogP contribution in [0.5, 0.6) is 0 Å². The molecule has 1 aliphatic heterocycles. The SMILES string of the molecule is Nc1nc2c(c(=O)[nH]1)NCN2CC=O. The number of fused-ring (bicyclic) bond motifs is 1. The van der Waals surface area contributed by atoms with E-state index in [9.17, 15) is 9.59 Å². The lowest BCUT2D eigenvalue weighted by molar-refractivity contribution is -0.106. The van der Waals surface area contributed by atoms with E-state index in [0.29, 0.717) is 18.2 Å². The van der Waals surface area contributed by atoms with E-state index in [2.05, 4.69) is 15.3 Å². The fourth-order valence-corrected chi connectivity index (χ4v) is 1.36. The number of nitrogens with zero attached hydrogens (tertiary/aromatic N) is 2. The molecule has 7 nitrogen and oxygen atoms in total. The Morgan fingerprint density at radius 1 is 1.64 bits per heavy atom. The van der Waals surface area contributed by atoms with Crippen LogP contribution in [0.4, 0.5) is 17.5 Å². The maximum atomic E-state index is 11.3. The Morgan fingerprint density at radius 3 is 3.14 bits per heavy atom. The van der Waals surface area contributed by atoms with Crippen LogP contribution in [0.1, 0.15) is 0 Å². The van der Waals surface area contributed by atoms with Crippen molar-refractivity contribution in [1.29, 1.82) is 0 Å². The van der Waals surface area contributed by atoms with E-state index in [1.54, 1.807) is 4.90 Å². The average molecular weight is 195 g/mol. The van der Waals surface area contributed by atoms with Crippen molar-refractivity contribution in [3.05, 3.63) is 10.4 Å². The minimum absolute atomic E-state index is 0.0494. The number of carbonyl (C=O) groups excluding carboxylic acids is 1. The van der Waals surface area contributed by atoms with Crippen LogP contribution in [0, 0.1) is 0 Å². The number of nitrogen functional groups attached to an aromatic ring is 1. The fraction of sp³-hybridized carbons (Fsp3) is 0.286. The molecule has 0 atom stereocenters. The van der Waals surface area contributed by atoms with Gasteiger partial charge < -0.3 is 20.7 Å². The Morgan fingerprint density at radius 2 is 2.43 bits per heavy atom. The van der Waals surface area contributed by atoms with E-state index in [1.807, 2.05) is 0 Å². The van der Waals surface area contributed by atoms with Crippen LogP contribution in [0.25, 0.3) is 0 Å². The molecule has 0 amide bonds. The maximum absolute atomic E-state index is 11.3. The molecule has 74 valence electrons. The van der Waals surface area contributed by atoms with Crippen molar-refractivity contribution in [1.82, 2.24) is 9.97 Å². The first kappa shape index (κ1) is 8.54. The van der Waals surface area contributed by atoms with Crippen LogP contribution < -0.4 is 21.5 Å². The van der Waals surface area contributed by atoms with E-state index in [0.717, 1.165) is 6.29 Å². The van der Waals surface area contributed by atoms with Crippen LogP contribution in [0.15, 0.2) is 4.79 Å². The molecular weight excluding hydrogens is 186 g/mol. The van der Waals surface area contributed by atoms with Crippen LogP contribution in [-0.4, -0.2) is 29.5 Å². The van der Waals surface area contributed by atoms with Crippen molar-refractivity contribution in [3.63, 3.8) is 0 Å². The molecule has 1 aliphatic rings. The summed E-state index contributed by atoms with van der Waals surface area (Å²) in [5.41, 5.74) is 5.42. The third-order valence-corrected chi connectivity index (χ3v) is 1.96. The van der Waals surface area contributed by atoms with Crippen molar-refractivity contribution >= 4 is 23.7 Å². The quantitative estimate of drug-likeness (QED) is 0.509. The highest BCUT2D eigenvalue weighted by Gasteiger charge is 2.22. The Kier molecular flexibility index (Phi) is 1.84. The zero-order chi connectivity index (χ0) is 10.1. The lowest BCUT2D eigenvalue weighted by Crippen LogP contribution is -2.25. The lowest BCUT2D eigenvalue weighted by Gasteiger charge is -2.12. The van der Waals surface area contributed by atoms with Gasteiger partial charge in [-0.15, -0.1) is 0 Å². The summed E-state index contributed by atoms with van der Waals surface area (Å²) < 4.78 is 0. The van der Waals surface area contributed by atoms with Gasteiger partial charge in [0.05, 0.1) is 13.2 Å². The summed E-state index contributed by atoms with van der Waals surface area (Å²) in [5.74, 6) is 0.478. The summed E-state index contributed by atoms with van der Waals surface area (Å²) in [6.07, 6.45) is 0.746. The number of carbonyl (C=O) groups is 1. The second-order valence-corrected chi connectivity index (χ2v) is 2.87. The molecule has 1 aromatic heterocycles. The molecule has 0 saturated carbocycles. The van der Waals surface area contributed by atoms with Gasteiger partial charge in [-0.3, -0.25) is 9.78 Å². The van der Waals surface area contributed by atoms with Gasteiger partial charge in [-0.05, 0) is 0 Å². The Bertz CT molecular complexity index is 427. The molecule has 0 bridgehead atoms. The number of hydrogen-bond acceptors (Lipinski definition) is 6. The van der Waals surface area contributed by atoms with Gasteiger partial charge in [-0.1, -0.05) is 0 Å². The van der Waals surface area contributed by atoms with E-state index in [4.69, 9.17) is 5.73 Å². The zero-order valence-electron chi connectivity index (χ0n) is 7.28. The topological polar surface area (TPSA) is 104 Å². The molecule has 0 unspecified atom stereocenters. The normalized spacial score (nSPS) is 13.6. The van der Waals surface area contributed by atoms with Crippen molar-refractivity contribution < 1.29 is 4.79 Å². The van der Waals surface area contributed by atoms with Gasteiger partial charge in [0.2, 0.25) is 5.95 Å². The number of rotatable bonds is 2. The van der Waals surface area contributed by atoms with Gasteiger partial charge in [0.25, 0.3) is 5.56 Å². The lowest BCUT2D eigenvalue weighted by atomic mass is 10.4. The molecule has 14 heavy (non-hydrogen) atoms. The first-order valence-electron chi connectivity index (χ1n) is 4.04. The summed E-state index contributed by atoms with van der Waals surface area (Å²) >= 11 is 0. The third-order valence-electron chi connectivity index (χ3n) is 1.96. The molecule has 0 aromatic carbocycles. The molecule has 0 aliphatic carbocycles. The van der Waals surface area contributed by atoms with Gasteiger partial charge in [-0.25, -0.2) is 0 Å². The highest BCUT2D eigenvalue weighted by molar-refractivity contribution is 5.74. The molecule has 1 aromatic rings. The molecule has 0 saturated heterocycles. The minimum Gasteiger partial charge on any atom is -0.369 e. The van der Waals surface area contributed by atoms with Crippen molar-refractivity contribution in [3.8, 4) is 0 Å². The number of anilines is 3. The van der Waals surface area contributed by atoms with Crippen LogP contribution in [-0.2, 0) is 4.79 Å². The van der Waals surface area contributed by atoms with Gasteiger partial charge >= 0.3 is 0 Å². The minimum atomic E-state index is -0.319. The number of hydrogen-bond donors (Lipinski definition) is 3. The van der Waals surface area contributed by atoms with E-state index in [1.165, 1.54) is 0 Å². The molecule has 0 radical (unpaired) electrons.